The predicted molar refractivity (Wildman–Crippen MR) is 153 cm³/mol. The Hall–Kier alpha value is -3.64. The highest BCUT2D eigenvalue weighted by Crippen LogP contribution is 2.29. The fourth-order valence-electron chi connectivity index (χ4n) is 3.56. The van der Waals surface area contributed by atoms with E-state index in [1.165, 1.54) is 60.9 Å². The van der Waals surface area contributed by atoms with Crippen molar-refractivity contribution in [1.82, 2.24) is 4.98 Å². The molecule has 2 N–H and O–H groups in total. The molecule has 0 radical (unpaired) electrons. The third-order valence-corrected chi connectivity index (χ3v) is 8.76. The number of halogens is 2. The molecule has 0 saturated heterocycles. The zero-order valence-corrected chi connectivity index (χ0v) is 23.5. The van der Waals surface area contributed by atoms with Crippen LogP contribution in [0.4, 0.5) is 17.1 Å². The van der Waals surface area contributed by atoms with E-state index in [2.05, 4.69) is 15.0 Å². The first-order valence-corrected chi connectivity index (χ1v) is 15.4. The molecule has 0 saturated carbocycles. The second-order valence-electron chi connectivity index (χ2n) is 8.34. The van der Waals surface area contributed by atoms with E-state index in [4.69, 9.17) is 23.2 Å². The molecule has 4 aromatic rings. The van der Waals surface area contributed by atoms with Gasteiger partial charge in [-0.25, -0.2) is 16.8 Å². The van der Waals surface area contributed by atoms with Gasteiger partial charge in [0, 0.05) is 33.1 Å². The summed E-state index contributed by atoms with van der Waals surface area (Å²) in [6, 6.07) is 19.7. The largest absolute Gasteiger partial charge is 0.322 e. The number of amides is 1. The van der Waals surface area contributed by atoms with Gasteiger partial charge < -0.3 is 5.32 Å². The number of anilines is 3. The maximum Gasteiger partial charge on any atom is 0.261 e. The number of benzene rings is 3. The van der Waals surface area contributed by atoms with E-state index in [1.54, 1.807) is 30.3 Å². The summed E-state index contributed by atoms with van der Waals surface area (Å²) in [5.74, 6) is -0.467. The molecule has 0 fully saturated rings. The van der Waals surface area contributed by atoms with Crippen LogP contribution in [-0.4, -0.2) is 34.0 Å². The number of rotatable bonds is 9. The lowest BCUT2D eigenvalue weighted by Gasteiger charge is -2.23. The van der Waals surface area contributed by atoms with Gasteiger partial charge in [0.2, 0.25) is 10.0 Å². The van der Waals surface area contributed by atoms with Crippen LogP contribution in [0.1, 0.15) is 15.9 Å². The van der Waals surface area contributed by atoms with E-state index < -0.39 is 26.0 Å². The number of carbonyl (C=O) groups is 1. The number of carbonyl (C=O) groups excluding carboxylic acids is 1. The van der Waals surface area contributed by atoms with Crippen LogP contribution in [0.15, 0.2) is 96.2 Å². The van der Waals surface area contributed by atoms with Crippen molar-refractivity contribution in [3.8, 4) is 0 Å². The number of nitrogens with one attached hydrogen (secondary N) is 2. The number of aromatic nitrogens is 1. The van der Waals surface area contributed by atoms with Gasteiger partial charge in [0.1, 0.15) is 0 Å². The standard InChI is InChI=1S/C26H22Cl2N4O5S2/c1-38(34,35)32(17-23-24(27)5-2-6-25(23)28)21-11-7-18(8-12-21)26(33)30-19-9-13-22(14-10-19)39(36,37)31-20-4-3-15-29-16-20/h2-16,31H,17H2,1H3,(H,30,33). The highest BCUT2D eigenvalue weighted by molar-refractivity contribution is 7.92. The van der Waals surface area contributed by atoms with Gasteiger partial charge in [-0.1, -0.05) is 29.3 Å². The molecule has 202 valence electrons. The zero-order valence-electron chi connectivity index (χ0n) is 20.4. The minimum Gasteiger partial charge on any atom is -0.322 e. The molecule has 0 atom stereocenters. The summed E-state index contributed by atoms with van der Waals surface area (Å²) in [6.07, 6.45) is 3.98. The molecule has 4 rings (SSSR count). The van der Waals surface area contributed by atoms with Crippen molar-refractivity contribution in [1.29, 1.82) is 0 Å². The van der Waals surface area contributed by atoms with Gasteiger partial charge in [-0.2, -0.15) is 0 Å². The Morgan fingerprint density at radius 3 is 2.05 bits per heavy atom. The average molecular weight is 606 g/mol. The molecule has 1 aromatic heterocycles. The number of sulfonamides is 2. The Kier molecular flexibility index (Phi) is 8.45. The maximum atomic E-state index is 12.8. The van der Waals surface area contributed by atoms with Crippen molar-refractivity contribution in [3.05, 3.63) is 112 Å². The molecule has 39 heavy (non-hydrogen) atoms. The summed E-state index contributed by atoms with van der Waals surface area (Å²) in [6.45, 7) is -0.0895. The van der Waals surface area contributed by atoms with Crippen LogP contribution < -0.4 is 14.3 Å². The predicted octanol–water partition coefficient (Wildman–Crippen LogP) is 5.41. The highest BCUT2D eigenvalue weighted by Gasteiger charge is 2.21. The van der Waals surface area contributed by atoms with Crippen molar-refractivity contribution in [2.24, 2.45) is 0 Å². The molecular formula is C26H22Cl2N4O5S2. The van der Waals surface area contributed by atoms with Gasteiger partial charge in [0.25, 0.3) is 15.9 Å². The van der Waals surface area contributed by atoms with E-state index in [0.717, 1.165) is 10.6 Å². The van der Waals surface area contributed by atoms with Crippen LogP contribution in [0.25, 0.3) is 0 Å². The van der Waals surface area contributed by atoms with Crippen LogP contribution >= 0.6 is 23.2 Å². The van der Waals surface area contributed by atoms with Gasteiger partial charge in [-0.3, -0.25) is 18.8 Å². The molecule has 0 aliphatic heterocycles. The topological polar surface area (TPSA) is 126 Å². The smallest absolute Gasteiger partial charge is 0.261 e. The first-order chi connectivity index (χ1) is 18.4. The summed E-state index contributed by atoms with van der Waals surface area (Å²) in [5.41, 5.74) is 1.73. The fraction of sp³-hybridized carbons (Fsp3) is 0.0769. The van der Waals surface area contributed by atoms with Crippen molar-refractivity contribution < 1.29 is 21.6 Å². The Labute approximate surface area is 236 Å². The molecule has 13 heteroatoms. The minimum absolute atomic E-state index is 0.00759. The van der Waals surface area contributed by atoms with Crippen LogP contribution in [-0.2, 0) is 26.6 Å². The van der Waals surface area contributed by atoms with Crippen molar-refractivity contribution in [2.45, 2.75) is 11.4 Å². The molecule has 0 spiro atoms. The van der Waals surface area contributed by atoms with E-state index in [0.29, 0.717) is 32.7 Å². The lowest BCUT2D eigenvalue weighted by molar-refractivity contribution is 0.102. The van der Waals surface area contributed by atoms with Crippen molar-refractivity contribution >= 4 is 66.2 Å². The van der Waals surface area contributed by atoms with Gasteiger partial charge in [0.15, 0.2) is 0 Å². The molecule has 3 aromatic carbocycles. The normalized spacial score (nSPS) is 11.6. The van der Waals surface area contributed by atoms with E-state index >= 15 is 0 Å². The number of hydrogen-bond acceptors (Lipinski definition) is 6. The molecule has 9 nitrogen and oxygen atoms in total. The van der Waals surface area contributed by atoms with E-state index in [9.17, 15) is 21.6 Å². The lowest BCUT2D eigenvalue weighted by Crippen LogP contribution is -2.29. The second-order valence-corrected chi connectivity index (χ2v) is 12.7. The first kappa shape index (κ1) is 28.4. The van der Waals surface area contributed by atoms with Crippen LogP contribution in [0.3, 0.4) is 0 Å². The fourth-order valence-corrected chi connectivity index (χ4v) is 5.99. The van der Waals surface area contributed by atoms with Gasteiger partial charge in [-0.05, 0) is 72.8 Å². The first-order valence-electron chi connectivity index (χ1n) is 11.3. The van der Waals surface area contributed by atoms with Gasteiger partial charge in [-0.15, -0.1) is 0 Å². The Morgan fingerprint density at radius 2 is 1.49 bits per heavy atom. The summed E-state index contributed by atoms with van der Waals surface area (Å²) >= 11 is 12.5. The zero-order chi connectivity index (χ0) is 28.2. The molecule has 0 unspecified atom stereocenters. The summed E-state index contributed by atoms with van der Waals surface area (Å²) < 4.78 is 53.8. The number of hydrogen-bond donors (Lipinski definition) is 2. The number of nitrogens with zero attached hydrogens (tertiary/aromatic N) is 2. The lowest BCUT2D eigenvalue weighted by atomic mass is 10.1. The van der Waals surface area contributed by atoms with Crippen LogP contribution in [0.2, 0.25) is 10.0 Å². The Balaban J connectivity index is 1.47. The third kappa shape index (κ3) is 7.07. The third-order valence-electron chi connectivity index (χ3n) is 5.52. The Morgan fingerprint density at radius 1 is 0.846 bits per heavy atom. The van der Waals surface area contributed by atoms with Crippen molar-refractivity contribution in [3.63, 3.8) is 0 Å². The van der Waals surface area contributed by atoms with Gasteiger partial charge >= 0.3 is 0 Å². The molecule has 0 aliphatic carbocycles. The summed E-state index contributed by atoms with van der Waals surface area (Å²) in [5, 5.41) is 3.35. The van der Waals surface area contributed by atoms with Crippen LogP contribution in [0, 0.1) is 0 Å². The molecule has 1 heterocycles. The quantitative estimate of drug-likeness (QED) is 0.263. The summed E-state index contributed by atoms with van der Waals surface area (Å²) in [4.78, 5) is 16.7. The number of pyridine rings is 1. The monoisotopic (exact) mass is 604 g/mol. The summed E-state index contributed by atoms with van der Waals surface area (Å²) in [7, 11) is -7.55. The van der Waals surface area contributed by atoms with E-state index in [1.807, 2.05) is 0 Å². The maximum absolute atomic E-state index is 12.8. The van der Waals surface area contributed by atoms with E-state index in [-0.39, 0.29) is 17.0 Å². The molecule has 0 bridgehead atoms. The SMILES string of the molecule is CS(=O)(=O)N(Cc1c(Cl)cccc1Cl)c1ccc(C(=O)Nc2ccc(S(=O)(=O)Nc3cccnc3)cc2)cc1. The van der Waals surface area contributed by atoms with Gasteiger partial charge in [0.05, 0.1) is 35.3 Å². The Bertz CT molecular complexity index is 1680. The van der Waals surface area contributed by atoms with Crippen LogP contribution in [0.5, 0.6) is 0 Å². The average Bonchev–Trinajstić information content (AvgIpc) is 2.88. The molecule has 1 amide bonds. The minimum atomic E-state index is -3.84. The highest BCUT2D eigenvalue weighted by atomic mass is 35.5. The van der Waals surface area contributed by atoms with Crippen molar-refractivity contribution in [2.75, 3.05) is 20.6 Å². The molecule has 0 aliphatic rings. The molecular weight excluding hydrogens is 583 g/mol. The second kappa shape index (κ2) is 11.6.